The molecule has 0 bridgehead atoms. The molecule has 25 heavy (non-hydrogen) atoms. The SMILES string of the molecule is COc1cc(Br)c(C=Nn2c(C)nc3ccccc3c2=O)cc1OC. The van der Waals surface area contributed by atoms with Crippen molar-refractivity contribution in [1.29, 1.82) is 0 Å². The summed E-state index contributed by atoms with van der Waals surface area (Å²) in [6.45, 7) is 1.74. The van der Waals surface area contributed by atoms with Crippen molar-refractivity contribution in [2.45, 2.75) is 6.92 Å². The number of methoxy groups -OCH3 is 2. The number of aryl methyl sites for hydroxylation is 1. The molecule has 0 amide bonds. The zero-order valence-electron chi connectivity index (χ0n) is 14.0. The molecule has 0 atom stereocenters. The van der Waals surface area contributed by atoms with Gasteiger partial charge < -0.3 is 9.47 Å². The van der Waals surface area contributed by atoms with Gasteiger partial charge in [-0.2, -0.15) is 9.78 Å². The molecule has 0 unspecified atom stereocenters. The number of aromatic nitrogens is 2. The highest BCUT2D eigenvalue weighted by molar-refractivity contribution is 9.10. The molecular weight excluding hydrogens is 386 g/mol. The molecule has 0 radical (unpaired) electrons. The molecule has 0 saturated heterocycles. The maximum absolute atomic E-state index is 12.6. The number of halogens is 1. The van der Waals surface area contributed by atoms with Gasteiger partial charge in [0.05, 0.1) is 31.3 Å². The second-order valence-electron chi connectivity index (χ2n) is 5.27. The van der Waals surface area contributed by atoms with E-state index in [0.717, 1.165) is 10.0 Å². The van der Waals surface area contributed by atoms with Crippen LogP contribution in [0.5, 0.6) is 11.5 Å². The number of para-hydroxylation sites is 1. The molecule has 128 valence electrons. The molecule has 1 heterocycles. The van der Waals surface area contributed by atoms with E-state index < -0.39 is 0 Å². The predicted molar refractivity (Wildman–Crippen MR) is 101 cm³/mol. The second-order valence-corrected chi connectivity index (χ2v) is 6.12. The van der Waals surface area contributed by atoms with Crippen LogP contribution in [0.25, 0.3) is 10.9 Å². The van der Waals surface area contributed by atoms with Gasteiger partial charge in [0, 0.05) is 10.0 Å². The Labute approximate surface area is 152 Å². The van der Waals surface area contributed by atoms with Crippen LogP contribution in [0.3, 0.4) is 0 Å². The number of nitrogens with zero attached hydrogens (tertiary/aromatic N) is 3. The van der Waals surface area contributed by atoms with Gasteiger partial charge in [0.1, 0.15) is 5.82 Å². The van der Waals surface area contributed by atoms with E-state index in [0.29, 0.717) is 28.2 Å². The minimum atomic E-state index is -0.212. The van der Waals surface area contributed by atoms with Crippen LogP contribution in [0.2, 0.25) is 0 Å². The fraction of sp³-hybridized carbons (Fsp3) is 0.167. The Hall–Kier alpha value is -2.67. The summed E-state index contributed by atoms with van der Waals surface area (Å²) in [5.74, 6) is 1.69. The normalized spacial score (nSPS) is 11.2. The summed E-state index contributed by atoms with van der Waals surface area (Å²) < 4.78 is 12.6. The zero-order chi connectivity index (χ0) is 18.0. The number of ether oxygens (including phenoxy) is 2. The van der Waals surface area contributed by atoms with Crippen molar-refractivity contribution in [1.82, 2.24) is 9.66 Å². The fourth-order valence-electron chi connectivity index (χ4n) is 2.46. The second kappa shape index (κ2) is 7.06. The molecule has 0 N–H and O–H groups in total. The van der Waals surface area contributed by atoms with Gasteiger partial charge in [-0.05, 0) is 47.1 Å². The third kappa shape index (κ3) is 3.28. The Morgan fingerprint density at radius 2 is 1.84 bits per heavy atom. The predicted octanol–water partition coefficient (Wildman–Crippen LogP) is 3.37. The summed E-state index contributed by atoms with van der Waals surface area (Å²) in [5.41, 5.74) is 1.19. The molecule has 0 aliphatic rings. The molecule has 0 fully saturated rings. The summed E-state index contributed by atoms with van der Waals surface area (Å²) in [7, 11) is 3.14. The topological polar surface area (TPSA) is 65.7 Å². The van der Waals surface area contributed by atoms with Gasteiger partial charge in [-0.3, -0.25) is 4.79 Å². The van der Waals surface area contributed by atoms with Crippen molar-refractivity contribution >= 4 is 33.0 Å². The molecule has 6 nitrogen and oxygen atoms in total. The average molecular weight is 402 g/mol. The Morgan fingerprint density at radius 3 is 2.56 bits per heavy atom. The first kappa shape index (κ1) is 17.2. The van der Waals surface area contributed by atoms with Crippen molar-refractivity contribution in [2.24, 2.45) is 5.10 Å². The lowest BCUT2D eigenvalue weighted by Gasteiger charge is -2.10. The Balaban J connectivity index is 2.09. The largest absolute Gasteiger partial charge is 0.493 e. The lowest BCUT2D eigenvalue weighted by atomic mass is 10.2. The molecule has 0 aliphatic heterocycles. The Bertz CT molecular complexity index is 1030. The Morgan fingerprint density at radius 1 is 1.16 bits per heavy atom. The van der Waals surface area contributed by atoms with Crippen LogP contribution in [-0.2, 0) is 0 Å². The van der Waals surface area contributed by atoms with Gasteiger partial charge in [-0.1, -0.05) is 12.1 Å². The maximum atomic E-state index is 12.6. The summed E-state index contributed by atoms with van der Waals surface area (Å²) in [4.78, 5) is 17.1. The van der Waals surface area contributed by atoms with Gasteiger partial charge in [-0.15, -0.1) is 0 Å². The van der Waals surface area contributed by atoms with Crippen molar-refractivity contribution < 1.29 is 9.47 Å². The molecule has 2 aromatic carbocycles. The summed E-state index contributed by atoms with van der Waals surface area (Å²) in [6.07, 6.45) is 1.58. The minimum Gasteiger partial charge on any atom is -0.493 e. The molecule has 3 aromatic rings. The summed E-state index contributed by atoms with van der Waals surface area (Å²) >= 11 is 3.47. The zero-order valence-corrected chi connectivity index (χ0v) is 15.6. The van der Waals surface area contributed by atoms with Crippen LogP contribution in [0, 0.1) is 6.92 Å². The van der Waals surface area contributed by atoms with Crippen LogP contribution in [0.1, 0.15) is 11.4 Å². The fourth-order valence-corrected chi connectivity index (χ4v) is 2.88. The van der Waals surface area contributed by atoms with E-state index in [1.165, 1.54) is 4.68 Å². The number of rotatable bonds is 4. The van der Waals surface area contributed by atoms with Crippen LogP contribution < -0.4 is 15.0 Å². The van der Waals surface area contributed by atoms with Gasteiger partial charge in [0.15, 0.2) is 11.5 Å². The van der Waals surface area contributed by atoms with Crippen LogP contribution >= 0.6 is 15.9 Å². The van der Waals surface area contributed by atoms with Gasteiger partial charge in [0.2, 0.25) is 0 Å². The molecule has 0 aliphatic carbocycles. The number of fused-ring (bicyclic) bond motifs is 1. The number of benzene rings is 2. The van der Waals surface area contributed by atoms with E-state index in [1.54, 1.807) is 51.6 Å². The third-order valence-corrected chi connectivity index (χ3v) is 4.42. The minimum absolute atomic E-state index is 0.212. The average Bonchev–Trinajstić information content (AvgIpc) is 2.62. The van der Waals surface area contributed by atoms with E-state index in [9.17, 15) is 4.79 Å². The van der Waals surface area contributed by atoms with Crippen molar-refractivity contribution in [2.75, 3.05) is 14.2 Å². The lowest BCUT2D eigenvalue weighted by molar-refractivity contribution is 0.354. The molecule has 0 spiro atoms. The maximum Gasteiger partial charge on any atom is 0.282 e. The van der Waals surface area contributed by atoms with Crippen molar-refractivity contribution in [3.63, 3.8) is 0 Å². The van der Waals surface area contributed by atoms with Gasteiger partial charge >= 0.3 is 0 Å². The van der Waals surface area contributed by atoms with E-state index in [4.69, 9.17) is 9.47 Å². The smallest absolute Gasteiger partial charge is 0.282 e. The first-order valence-electron chi connectivity index (χ1n) is 7.49. The van der Waals surface area contributed by atoms with Gasteiger partial charge in [0.25, 0.3) is 5.56 Å². The molecule has 7 heteroatoms. The van der Waals surface area contributed by atoms with Crippen molar-refractivity contribution in [3.05, 3.63) is 62.6 Å². The van der Waals surface area contributed by atoms with E-state index in [-0.39, 0.29) is 5.56 Å². The summed E-state index contributed by atoms with van der Waals surface area (Å²) in [5, 5.41) is 4.83. The highest BCUT2D eigenvalue weighted by atomic mass is 79.9. The summed E-state index contributed by atoms with van der Waals surface area (Å²) in [6, 6.07) is 10.8. The first-order chi connectivity index (χ1) is 12.0. The third-order valence-electron chi connectivity index (χ3n) is 3.73. The van der Waals surface area contributed by atoms with Crippen LogP contribution in [0.15, 0.2) is 50.8 Å². The monoisotopic (exact) mass is 401 g/mol. The van der Waals surface area contributed by atoms with E-state index >= 15 is 0 Å². The van der Waals surface area contributed by atoms with Crippen LogP contribution in [0.4, 0.5) is 0 Å². The molecular formula is C18H16BrN3O3. The molecule has 1 aromatic heterocycles. The van der Waals surface area contributed by atoms with Gasteiger partial charge in [-0.25, -0.2) is 4.98 Å². The quantitative estimate of drug-likeness (QED) is 0.628. The van der Waals surface area contributed by atoms with E-state index in [1.807, 2.05) is 12.1 Å². The van der Waals surface area contributed by atoms with Crippen molar-refractivity contribution in [3.8, 4) is 11.5 Å². The Kier molecular flexibility index (Phi) is 4.85. The van der Waals surface area contributed by atoms with E-state index in [2.05, 4.69) is 26.0 Å². The highest BCUT2D eigenvalue weighted by Gasteiger charge is 2.10. The standard InChI is InChI=1S/C18H16BrN3O3/c1-11-21-15-7-5-4-6-13(15)18(23)22(11)20-10-12-8-16(24-2)17(25-3)9-14(12)19/h4-10H,1-3H3. The molecule has 3 rings (SSSR count). The first-order valence-corrected chi connectivity index (χ1v) is 8.28. The highest BCUT2D eigenvalue weighted by Crippen LogP contribution is 2.32. The number of hydrogen-bond donors (Lipinski definition) is 0. The number of hydrogen-bond acceptors (Lipinski definition) is 5. The molecule has 0 saturated carbocycles. The van der Waals surface area contributed by atoms with Crippen LogP contribution in [-0.4, -0.2) is 30.1 Å². The lowest BCUT2D eigenvalue weighted by Crippen LogP contribution is -2.20.